The van der Waals surface area contributed by atoms with Crippen molar-refractivity contribution >= 4 is 33.8 Å². The topological polar surface area (TPSA) is 50.2 Å². The van der Waals surface area contributed by atoms with Gasteiger partial charge in [0.2, 0.25) is 6.79 Å². The van der Waals surface area contributed by atoms with Crippen LogP contribution in [0.5, 0.6) is 11.5 Å². The lowest BCUT2D eigenvalue weighted by molar-refractivity contribution is 0.172. The first-order chi connectivity index (χ1) is 21.1. The molecule has 0 spiro atoms. The van der Waals surface area contributed by atoms with Crippen molar-refractivity contribution in [3.63, 3.8) is 0 Å². The minimum atomic E-state index is 0.297. The second-order valence-electron chi connectivity index (χ2n) is 10.8. The fourth-order valence-corrected chi connectivity index (χ4v) is 6.51. The lowest BCUT2D eigenvalue weighted by Gasteiger charge is -2.36. The van der Waals surface area contributed by atoms with Crippen LogP contribution >= 0.6 is 22.9 Å². The Morgan fingerprint density at radius 2 is 1.58 bits per heavy atom. The number of thiazole rings is 1. The SMILES string of the molecule is Cc1ccc(C(=Nc2sc(-c3ccc(Cl)cc3)nc2-c2ccccc2)N2CCN(Cc3ccc4c(c3)OCO4)CC2)cc1. The largest absolute Gasteiger partial charge is 0.454 e. The number of hydrogen-bond acceptors (Lipinski definition) is 6. The van der Waals surface area contributed by atoms with Crippen LogP contribution in [-0.4, -0.2) is 53.6 Å². The van der Waals surface area contributed by atoms with Gasteiger partial charge >= 0.3 is 0 Å². The molecule has 2 aliphatic heterocycles. The van der Waals surface area contributed by atoms with E-state index in [1.165, 1.54) is 11.1 Å². The molecule has 1 fully saturated rings. The van der Waals surface area contributed by atoms with Gasteiger partial charge in [0.25, 0.3) is 0 Å². The number of aromatic nitrogens is 1. The van der Waals surface area contributed by atoms with Crippen LogP contribution in [0, 0.1) is 6.92 Å². The summed E-state index contributed by atoms with van der Waals surface area (Å²) in [6.45, 7) is 6.91. The van der Waals surface area contributed by atoms with E-state index in [2.05, 4.69) is 65.3 Å². The van der Waals surface area contributed by atoms with Gasteiger partial charge in [0.1, 0.15) is 21.5 Å². The molecule has 6 nitrogen and oxygen atoms in total. The molecule has 3 heterocycles. The van der Waals surface area contributed by atoms with E-state index in [0.29, 0.717) is 11.8 Å². The van der Waals surface area contributed by atoms with Gasteiger partial charge in [-0.3, -0.25) is 4.90 Å². The number of fused-ring (bicyclic) bond motifs is 1. The van der Waals surface area contributed by atoms with Crippen molar-refractivity contribution in [3.8, 4) is 33.3 Å². The molecule has 7 rings (SSSR count). The predicted octanol–water partition coefficient (Wildman–Crippen LogP) is 8.06. The molecule has 0 bridgehead atoms. The highest BCUT2D eigenvalue weighted by Crippen LogP contribution is 2.41. The number of amidine groups is 1. The van der Waals surface area contributed by atoms with Gasteiger partial charge in [-0.1, -0.05) is 101 Å². The molecule has 8 heteroatoms. The molecular formula is C35H31ClN4O2S. The van der Waals surface area contributed by atoms with Crippen LogP contribution in [0.3, 0.4) is 0 Å². The van der Waals surface area contributed by atoms with Gasteiger partial charge in [-0.2, -0.15) is 0 Å². The second kappa shape index (κ2) is 12.2. The number of halogens is 1. The van der Waals surface area contributed by atoms with Crippen molar-refractivity contribution in [2.45, 2.75) is 13.5 Å². The Balaban J connectivity index is 1.20. The maximum absolute atomic E-state index is 6.18. The molecule has 0 radical (unpaired) electrons. The summed E-state index contributed by atoms with van der Waals surface area (Å²) in [6, 6.07) is 33.1. The van der Waals surface area contributed by atoms with Gasteiger partial charge in [-0.25, -0.2) is 9.98 Å². The number of ether oxygens (including phenoxy) is 2. The summed E-state index contributed by atoms with van der Waals surface area (Å²) in [5, 5.41) is 2.53. The Morgan fingerprint density at radius 3 is 2.35 bits per heavy atom. The average Bonchev–Trinajstić information content (AvgIpc) is 3.69. The third-order valence-corrected chi connectivity index (χ3v) is 9.03. The van der Waals surface area contributed by atoms with Crippen LogP contribution in [0.4, 0.5) is 5.00 Å². The molecule has 2 aliphatic rings. The Bertz CT molecular complexity index is 1750. The van der Waals surface area contributed by atoms with E-state index in [1.807, 2.05) is 48.5 Å². The van der Waals surface area contributed by atoms with E-state index in [0.717, 1.165) is 82.5 Å². The summed E-state index contributed by atoms with van der Waals surface area (Å²) in [6.07, 6.45) is 0. The molecule has 0 amide bonds. The summed E-state index contributed by atoms with van der Waals surface area (Å²) in [4.78, 5) is 15.4. The van der Waals surface area contributed by atoms with Crippen LogP contribution in [0.25, 0.3) is 21.8 Å². The molecule has 0 aliphatic carbocycles. The fraction of sp³-hybridized carbons (Fsp3) is 0.200. The highest BCUT2D eigenvalue weighted by Gasteiger charge is 2.24. The van der Waals surface area contributed by atoms with Crippen LogP contribution in [0.15, 0.2) is 102 Å². The van der Waals surface area contributed by atoms with Crippen molar-refractivity contribution in [2.24, 2.45) is 4.99 Å². The van der Waals surface area contributed by atoms with Crippen LogP contribution < -0.4 is 9.47 Å². The van der Waals surface area contributed by atoms with E-state index in [4.69, 9.17) is 31.1 Å². The van der Waals surface area contributed by atoms with Gasteiger partial charge in [0.05, 0.1) is 0 Å². The number of piperazine rings is 1. The molecule has 1 aromatic heterocycles. The lowest BCUT2D eigenvalue weighted by atomic mass is 10.1. The molecule has 0 saturated carbocycles. The summed E-state index contributed by atoms with van der Waals surface area (Å²) >= 11 is 7.80. The minimum absolute atomic E-state index is 0.297. The Morgan fingerprint density at radius 1 is 0.837 bits per heavy atom. The maximum atomic E-state index is 6.18. The fourth-order valence-electron chi connectivity index (χ4n) is 5.42. The van der Waals surface area contributed by atoms with Gasteiger partial charge in [0, 0.05) is 54.4 Å². The van der Waals surface area contributed by atoms with E-state index < -0.39 is 0 Å². The van der Waals surface area contributed by atoms with Gasteiger partial charge in [0.15, 0.2) is 11.5 Å². The Labute approximate surface area is 260 Å². The number of aliphatic imine (C=N–C) groups is 1. The number of hydrogen-bond donors (Lipinski definition) is 0. The molecule has 0 atom stereocenters. The van der Waals surface area contributed by atoms with Crippen molar-refractivity contribution < 1.29 is 9.47 Å². The molecule has 4 aromatic carbocycles. The Hall–Kier alpha value is -4.17. The monoisotopic (exact) mass is 606 g/mol. The van der Waals surface area contributed by atoms with Gasteiger partial charge < -0.3 is 14.4 Å². The zero-order chi connectivity index (χ0) is 29.2. The quantitative estimate of drug-likeness (QED) is 0.145. The number of aryl methyl sites for hydroxylation is 1. The summed E-state index contributed by atoms with van der Waals surface area (Å²) in [5.41, 5.74) is 6.54. The van der Waals surface area contributed by atoms with E-state index in [-0.39, 0.29) is 0 Å². The predicted molar refractivity (Wildman–Crippen MR) is 175 cm³/mol. The van der Waals surface area contributed by atoms with Crippen LogP contribution in [0.1, 0.15) is 16.7 Å². The standard InChI is InChI=1S/C35H31ClN4O2S/c1-24-7-10-27(11-8-24)33(40-19-17-39(18-20-40)22-25-9-16-30-31(21-25)42-23-41-30)38-35-32(26-5-3-2-4-6-26)37-34(43-35)28-12-14-29(36)15-13-28/h2-16,21H,17-20,22-23H2,1H3. The number of rotatable bonds is 6. The minimum Gasteiger partial charge on any atom is -0.454 e. The van der Waals surface area contributed by atoms with Crippen molar-refractivity contribution in [3.05, 3.63) is 119 Å². The third kappa shape index (κ3) is 6.15. The van der Waals surface area contributed by atoms with Crippen molar-refractivity contribution in [2.75, 3.05) is 33.0 Å². The lowest BCUT2D eigenvalue weighted by Crippen LogP contribution is -2.48. The second-order valence-corrected chi connectivity index (χ2v) is 12.2. The molecule has 0 N–H and O–H groups in total. The molecular weight excluding hydrogens is 576 g/mol. The molecule has 43 heavy (non-hydrogen) atoms. The summed E-state index contributed by atoms with van der Waals surface area (Å²) in [5.74, 6) is 2.64. The highest BCUT2D eigenvalue weighted by atomic mass is 35.5. The first kappa shape index (κ1) is 27.7. The number of nitrogens with zero attached hydrogens (tertiary/aromatic N) is 4. The first-order valence-corrected chi connectivity index (χ1v) is 15.6. The third-order valence-electron chi connectivity index (χ3n) is 7.78. The van der Waals surface area contributed by atoms with Gasteiger partial charge in [-0.15, -0.1) is 0 Å². The summed E-state index contributed by atoms with van der Waals surface area (Å²) in [7, 11) is 0. The van der Waals surface area contributed by atoms with E-state index in [9.17, 15) is 0 Å². The number of benzene rings is 4. The maximum Gasteiger partial charge on any atom is 0.231 e. The molecule has 1 saturated heterocycles. The zero-order valence-corrected chi connectivity index (χ0v) is 25.4. The summed E-state index contributed by atoms with van der Waals surface area (Å²) < 4.78 is 11.1. The highest BCUT2D eigenvalue weighted by molar-refractivity contribution is 7.19. The molecule has 0 unspecified atom stereocenters. The average molecular weight is 607 g/mol. The molecule has 216 valence electrons. The van der Waals surface area contributed by atoms with E-state index in [1.54, 1.807) is 11.3 Å². The van der Waals surface area contributed by atoms with Crippen molar-refractivity contribution in [1.29, 1.82) is 0 Å². The first-order valence-electron chi connectivity index (χ1n) is 14.4. The molecule has 5 aromatic rings. The zero-order valence-electron chi connectivity index (χ0n) is 23.9. The van der Waals surface area contributed by atoms with Crippen molar-refractivity contribution in [1.82, 2.24) is 14.8 Å². The Kier molecular flexibility index (Phi) is 7.85. The normalized spacial score (nSPS) is 15.2. The van der Waals surface area contributed by atoms with E-state index >= 15 is 0 Å². The van der Waals surface area contributed by atoms with Gasteiger partial charge in [-0.05, 0) is 36.8 Å². The smallest absolute Gasteiger partial charge is 0.231 e. The van der Waals surface area contributed by atoms with Crippen LogP contribution in [-0.2, 0) is 6.54 Å². The van der Waals surface area contributed by atoms with Crippen LogP contribution in [0.2, 0.25) is 5.02 Å².